The first kappa shape index (κ1) is 27.9. The molecule has 2 aromatic heterocycles. The molecule has 1 N–H and O–H groups in total. The summed E-state index contributed by atoms with van der Waals surface area (Å²) < 4.78 is 41.6. The molecule has 214 valence electrons. The number of hydrogen-bond donors (Lipinski definition) is 1. The summed E-state index contributed by atoms with van der Waals surface area (Å²) in [7, 11) is 0. The lowest BCUT2D eigenvalue weighted by atomic mass is 9.84. The van der Waals surface area contributed by atoms with E-state index >= 15 is 0 Å². The summed E-state index contributed by atoms with van der Waals surface area (Å²) in [6.07, 6.45) is -1.59. The lowest BCUT2D eigenvalue weighted by molar-refractivity contribution is -0.137. The van der Waals surface area contributed by atoms with E-state index in [-0.39, 0.29) is 12.2 Å². The number of imide groups is 1. The number of amides is 3. The molecular formula is C29H21F3N4O4S2. The van der Waals surface area contributed by atoms with Gasteiger partial charge in [0.15, 0.2) is 0 Å². The van der Waals surface area contributed by atoms with E-state index in [0.29, 0.717) is 21.2 Å². The molecule has 0 spiro atoms. The molecule has 0 aliphatic carbocycles. The van der Waals surface area contributed by atoms with Gasteiger partial charge in [-0.3, -0.25) is 28.7 Å². The largest absolute Gasteiger partial charge is 0.416 e. The number of anilines is 2. The fourth-order valence-electron chi connectivity index (χ4n) is 5.23. The van der Waals surface area contributed by atoms with Gasteiger partial charge in [0.2, 0.25) is 17.7 Å². The Morgan fingerprint density at radius 1 is 1.02 bits per heavy atom. The van der Waals surface area contributed by atoms with E-state index < -0.39 is 51.4 Å². The van der Waals surface area contributed by atoms with Gasteiger partial charge in [-0.2, -0.15) is 13.2 Å². The Bertz CT molecular complexity index is 1770. The van der Waals surface area contributed by atoms with Gasteiger partial charge in [-0.15, -0.1) is 0 Å². The Morgan fingerprint density at radius 3 is 2.48 bits per heavy atom. The third kappa shape index (κ3) is 4.92. The van der Waals surface area contributed by atoms with Crippen LogP contribution in [0.2, 0.25) is 0 Å². The van der Waals surface area contributed by atoms with Crippen molar-refractivity contribution in [1.82, 2.24) is 9.55 Å². The van der Waals surface area contributed by atoms with Gasteiger partial charge in [-0.1, -0.05) is 52.9 Å². The molecule has 3 amide bonds. The van der Waals surface area contributed by atoms with Crippen LogP contribution in [0.1, 0.15) is 27.5 Å². The SMILES string of the molecule is Cc1ccc(NC(=O)Cn2c3c(sc2=O)C(c2cccnc2)C2C(=O)N(c4cccc(C(F)(F)F)c4)C(=O)C2S3)cc1. The third-order valence-electron chi connectivity index (χ3n) is 7.16. The molecule has 0 bridgehead atoms. The van der Waals surface area contributed by atoms with E-state index in [1.165, 1.54) is 16.8 Å². The molecule has 0 radical (unpaired) electrons. The summed E-state index contributed by atoms with van der Waals surface area (Å²) in [5.41, 5.74) is 0.964. The molecule has 1 fully saturated rings. The first-order valence-electron chi connectivity index (χ1n) is 12.7. The Morgan fingerprint density at radius 2 is 1.79 bits per heavy atom. The number of rotatable bonds is 5. The monoisotopic (exact) mass is 610 g/mol. The maximum atomic E-state index is 13.8. The van der Waals surface area contributed by atoms with E-state index in [1.54, 1.807) is 30.5 Å². The second-order valence-electron chi connectivity index (χ2n) is 9.93. The molecule has 8 nitrogen and oxygen atoms in total. The summed E-state index contributed by atoms with van der Waals surface area (Å²) in [4.78, 5) is 58.7. The highest BCUT2D eigenvalue weighted by Gasteiger charge is 2.57. The fraction of sp³-hybridized carbons (Fsp3) is 0.207. The first-order valence-corrected chi connectivity index (χ1v) is 14.4. The van der Waals surface area contributed by atoms with Gasteiger partial charge in [0.1, 0.15) is 11.8 Å². The highest BCUT2D eigenvalue weighted by molar-refractivity contribution is 8.00. The maximum absolute atomic E-state index is 13.8. The topological polar surface area (TPSA) is 101 Å². The van der Waals surface area contributed by atoms with Gasteiger partial charge >= 0.3 is 11.0 Å². The van der Waals surface area contributed by atoms with Crippen LogP contribution in [-0.2, 0) is 27.1 Å². The number of carbonyl (C=O) groups excluding carboxylic acids is 3. The highest BCUT2D eigenvalue weighted by atomic mass is 32.2. The summed E-state index contributed by atoms with van der Waals surface area (Å²) >= 11 is 1.86. The van der Waals surface area contributed by atoms with Crippen LogP contribution in [-0.4, -0.2) is 32.5 Å². The standard InChI is InChI=1S/C29H21F3N4O4S2/c1-15-7-9-18(10-8-15)34-20(37)14-35-27-24(42-28(35)40)21(16-4-3-11-33-13-16)22-23(41-27)26(39)36(25(22)38)19-6-2-5-17(12-19)29(30,31)32/h2-13,21-23H,14H2,1H3,(H,34,37). The number of pyridine rings is 1. The first-order chi connectivity index (χ1) is 20.0. The maximum Gasteiger partial charge on any atom is 0.416 e. The van der Waals surface area contributed by atoms with Crippen molar-refractivity contribution in [1.29, 1.82) is 0 Å². The van der Waals surface area contributed by atoms with E-state index in [4.69, 9.17) is 0 Å². The van der Waals surface area contributed by atoms with E-state index in [0.717, 1.165) is 51.8 Å². The van der Waals surface area contributed by atoms with Gasteiger partial charge < -0.3 is 5.32 Å². The molecule has 2 aliphatic heterocycles. The van der Waals surface area contributed by atoms with Crippen molar-refractivity contribution in [3.8, 4) is 0 Å². The number of nitrogens with zero attached hydrogens (tertiary/aromatic N) is 3. The molecule has 13 heteroatoms. The van der Waals surface area contributed by atoms with E-state index in [2.05, 4.69) is 10.3 Å². The van der Waals surface area contributed by atoms with Crippen LogP contribution in [0.4, 0.5) is 24.5 Å². The van der Waals surface area contributed by atoms with Crippen LogP contribution in [0, 0.1) is 12.8 Å². The quantitative estimate of drug-likeness (QED) is 0.317. The zero-order valence-corrected chi connectivity index (χ0v) is 23.4. The summed E-state index contributed by atoms with van der Waals surface area (Å²) in [5.74, 6) is -3.58. The van der Waals surface area contributed by atoms with Crippen LogP contribution in [0.15, 0.2) is 82.9 Å². The summed E-state index contributed by atoms with van der Waals surface area (Å²) in [5, 5.41) is 2.09. The molecule has 6 rings (SSSR count). The van der Waals surface area contributed by atoms with Crippen molar-refractivity contribution in [2.75, 3.05) is 10.2 Å². The van der Waals surface area contributed by atoms with Gasteiger partial charge in [0.05, 0.1) is 22.2 Å². The van der Waals surface area contributed by atoms with Crippen molar-refractivity contribution in [2.45, 2.75) is 35.8 Å². The average Bonchev–Trinajstić information content (AvgIpc) is 3.40. The molecule has 2 aliphatic rings. The molecule has 4 heterocycles. The number of aromatic nitrogens is 2. The molecule has 42 heavy (non-hydrogen) atoms. The number of benzene rings is 2. The smallest absolute Gasteiger partial charge is 0.325 e. The van der Waals surface area contributed by atoms with E-state index in [1.807, 2.05) is 19.1 Å². The van der Waals surface area contributed by atoms with Crippen LogP contribution >= 0.6 is 23.1 Å². The van der Waals surface area contributed by atoms with Crippen molar-refractivity contribution in [2.24, 2.45) is 5.92 Å². The zero-order valence-electron chi connectivity index (χ0n) is 21.8. The number of carbonyl (C=O) groups is 3. The minimum Gasteiger partial charge on any atom is -0.325 e. The van der Waals surface area contributed by atoms with Gasteiger partial charge in [-0.05, 0) is 48.9 Å². The third-order valence-corrected chi connectivity index (χ3v) is 9.77. The molecule has 4 aromatic rings. The number of halogens is 3. The molecular weight excluding hydrogens is 589 g/mol. The number of thiazole rings is 1. The van der Waals surface area contributed by atoms with Crippen LogP contribution in [0.25, 0.3) is 0 Å². The Hall–Kier alpha value is -4.23. The van der Waals surface area contributed by atoms with Gasteiger partial charge in [-0.25, -0.2) is 4.90 Å². The molecule has 1 saturated heterocycles. The number of alkyl halides is 3. The predicted octanol–water partition coefficient (Wildman–Crippen LogP) is 5.07. The number of nitrogens with one attached hydrogen (secondary N) is 1. The Balaban J connectivity index is 1.39. The minimum atomic E-state index is -4.67. The van der Waals surface area contributed by atoms with Crippen LogP contribution in [0.5, 0.6) is 0 Å². The molecule has 2 aromatic carbocycles. The Labute approximate surface area is 245 Å². The number of fused-ring (bicyclic) bond motifs is 2. The van der Waals surface area contributed by atoms with Crippen LogP contribution < -0.4 is 15.1 Å². The van der Waals surface area contributed by atoms with Crippen molar-refractivity contribution in [3.05, 3.63) is 104 Å². The van der Waals surface area contributed by atoms with Crippen molar-refractivity contribution < 1.29 is 27.6 Å². The molecule has 3 atom stereocenters. The average molecular weight is 611 g/mol. The zero-order chi connectivity index (χ0) is 29.8. The van der Waals surface area contributed by atoms with E-state index in [9.17, 15) is 32.3 Å². The number of hydrogen-bond acceptors (Lipinski definition) is 7. The van der Waals surface area contributed by atoms with Crippen molar-refractivity contribution >= 4 is 52.2 Å². The highest BCUT2D eigenvalue weighted by Crippen LogP contribution is 2.54. The second kappa shape index (κ2) is 10.6. The van der Waals surface area contributed by atoms with Gasteiger partial charge in [0, 0.05) is 28.9 Å². The summed E-state index contributed by atoms with van der Waals surface area (Å²) in [6, 6.07) is 14.6. The number of aryl methyl sites for hydroxylation is 1. The van der Waals surface area contributed by atoms with Gasteiger partial charge in [0.25, 0.3) is 0 Å². The molecule has 3 unspecified atom stereocenters. The van der Waals surface area contributed by atoms with Crippen molar-refractivity contribution in [3.63, 3.8) is 0 Å². The van der Waals surface area contributed by atoms with Crippen LogP contribution in [0.3, 0.4) is 0 Å². The second-order valence-corrected chi connectivity index (χ2v) is 12.0. The lowest BCUT2D eigenvalue weighted by Crippen LogP contribution is -2.33. The normalized spacial score (nSPS) is 19.9. The lowest BCUT2D eigenvalue weighted by Gasteiger charge is -2.30. The summed E-state index contributed by atoms with van der Waals surface area (Å²) in [6.45, 7) is 1.58. The fourth-order valence-corrected chi connectivity index (χ4v) is 8.00. The Kier molecular flexibility index (Phi) is 7.01. The molecule has 0 saturated carbocycles. The minimum absolute atomic E-state index is 0.182. The predicted molar refractivity (Wildman–Crippen MR) is 152 cm³/mol. The number of thioether (sulfide) groups is 1.